The predicted octanol–water partition coefficient (Wildman–Crippen LogP) is 0.450. The summed E-state index contributed by atoms with van der Waals surface area (Å²) in [6.45, 7) is 1.55. The van der Waals surface area contributed by atoms with Crippen molar-refractivity contribution in [3.05, 3.63) is 30.1 Å². The molecule has 15 heavy (non-hydrogen) atoms. The van der Waals surface area contributed by atoms with E-state index in [1.807, 2.05) is 18.3 Å². The van der Waals surface area contributed by atoms with Crippen LogP contribution in [0.25, 0.3) is 0 Å². The van der Waals surface area contributed by atoms with Gasteiger partial charge in [0, 0.05) is 37.9 Å². The molecule has 1 fully saturated rings. The Labute approximate surface area is 89.1 Å². The molecule has 1 aromatic rings. The van der Waals surface area contributed by atoms with Crippen molar-refractivity contribution in [1.82, 2.24) is 15.6 Å². The van der Waals surface area contributed by atoms with E-state index in [2.05, 4.69) is 15.6 Å². The first-order chi connectivity index (χ1) is 7.34. The molecule has 4 heteroatoms. The molecule has 0 aromatic carbocycles. The van der Waals surface area contributed by atoms with Crippen LogP contribution in [0.3, 0.4) is 0 Å². The fourth-order valence-corrected chi connectivity index (χ4v) is 1.67. The van der Waals surface area contributed by atoms with Crippen LogP contribution in [-0.2, 0) is 11.3 Å². The highest BCUT2D eigenvalue weighted by Gasteiger charge is 2.16. The SMILES string of the molecule is O=C1CCC(NCc2cccnc2)CN1. The third kappa shape index (κ3) is 3.02. The topological polar surface area (TPSA) is 54.0 Å². The minimum Gasteiger partial charge on any atom is -0.355 e. The molecule has 0 bridgehead atoms. The second-order valence-electron chi connectivity index (χ2n) is 3.78. The van der Waals surface area contributed by atoms with Crippen molar-refractivity contribution in [2.24, 2.45) is 0 Å². The molecular formula is C11H15N3O. The van der Waals surface area contributed by atoms with Crippen LogP contribution in [0, 0.1) is 0 Å². The summed E-state index contributed by atoms with van der Waals surface area (Å²) in [6, 6.07) is 4.36. The molecule has 2 heterocycles. The van der Waals surface area contributed by atoms with Crippen molar-refractivity contribution >= 4 is 5.91 Å². The Kier molecular flexibility index (Phi) is 3.29. The maximum absolute atomic E-state index is 10.9. The summed E-state index contributed by atoms with van der Waals surface area (Å²) < 4.78 is 0. The molecule has 1 unspecified atom stereocenters. The van der Waals surface area contributed by atoms with Gasteiger partial charge in [-0.2, -0.15) is 0 Å². The number of pyridine rings is 1. The monoisotopic (exact) mass is 205 g/mol. The van der Waals surface area contributed by atoms with E-state index in [1.165, 1.54) is 5.56 Å². The predicted molar refractivity (Wildman–Crippen MR) is 57.1 cm³/mol. The van der Waals surface area contributed by atoms with Crippen LogP contribution in [0.2, 0.25) is 0 Å². The highest BCUT2D eigenvalue weighted by molar-refractivity contribution is 5.76. The van der Waals surface area contributed by atoms with Gasteiger partial charge in [0.2, 0.25) is 5.91 Å². The Morgan fingerprint density at radius 2 is 2.53 bits per heavy atom. The maximum atomic E-state index is 10.9. The van der Waals surface area contributed by atoms with Crippen LogP contribution in [0.5, 0.6) is 0 Å². The maximum Gasteiger partial charge on any atom is 0.220 e. The van der Waals surface area contributed by atoms with Gasteiger partial charge < -0.3 is 10.6 Å². The summed E-state index contributed by atoms with van der Waals surface area (Å²) >= 11 is 0. The van der Waals surface area contributed by atoms with Gasteiger partial charge in [-0.05, 0) is 18.1 Å². The average molecular weight is 205 g/mol. The van der Waals surface area contributed by atoms with Gasteiger partial charge in [0.25, 0.3) is 0 Å². The van der Waals surface area contributed by atoms with E-state index in [1.54, 1.807) is 6.20 Å². The number of carbonyl (C=O) groups excluding carboxylic acids is 1. The first kappa shape index (κ1) is 10.1. The van der Waals surface area contributed by atoms with Gasteiger partial charge in [-0.1, -0.05) is 6.07 Å². The number of rotatable bonds is 3. The Hall–Kier alpha value is -1.42. The molecule has 2 N–H and O–H groups in total. The van der Waals surface area contributed by atoms with Crippen molar-refractivity contribution in [2.45, 2.75) is 25.4 Å². The molecule has 1 aliphatic rings. The molecule has 4 nitrogen and oxygen atoms in total. The van der Waals surface area contributed by atoms with Crippen molar-refractivity contribution in [2.75, 3.05) is 6.54 Å². The van der Waals surface area contributed by atoms with Crippen LogP contribution in [0.4, 0.5) is 0 Å². The Morgan fingerprint density at radius 3 is 3.20 bits per heavy atom. The lowest BCUT2D eigenvalue weighted by Crippen LogP contribution is -2.45. The molecule has 1 saturated heterocycles. The van der Waals surface area contributed by atoms with Gasteiger partial charge in [-0.3, -0.25) is 9.78 Å². The molecule has 80 valence electrons. The van der Waals surface area contributed by atoms with Crippen molar-refractivity contribution < 1.29 is 4.79 Å². The van der Waals surface area contributed by atoms with E-state index in [0.717, 1.165) is 19.5 Å². The lowest BCUT2D eigenvalue weighted by Gasteiger charge is -2.23. The third-order valence-electron chi connectivity index (χ3n) is 2.58. The van der Waals surface area contributed by atoms with Crippen molar-refractivity contribution in [3.63, 3.8) is 0 Å². The molecule has 2 rings (SSSR count). The molecule has 0 spiro atoms. The van der Waals surface area contributed by atoms with Crippen molar-refractivity contribution in [3.8, 4) is 0 Å². The zero-order chi connectivity index (χ0) is 10.5. The second-order valence-corrected chi connectivity index (χ2v) is 3.78. The lowest BCUT2D eigenvalue weighted by molar-refractivity contribution is -0.122. The molecule has 1 aliphatic heterocycles. The number of amides is 1. The van der Waals surface area contributed by atoms with Gasteiger partial charge in [0.15, 0.2) is 0 Å². The van der Waals surface area contributed by atoms with Gasteiger partial charge in [-0.15, -0.1) is 0 Å². The van der Waals surface area contributed by atoms with E-state index < -0.39 is 0 Å². The molecule has 1 atom stereocenters. The highest BCUT2D eigenvalue weighted by atomic mass is 16.1. The molecule has 1 amide bonds. The van der Waals surface area contributed by atoms with Crippen molar-refractivity contribution in [1.29, 1.82) is 0 Å². The first-order valence-corrected chi connectivity index (χ1v) is 5.23. The van der Waals surface area contributed by atoms with E-state index in [0.29, 0.717) is 12.5 Å². The van der Waals surface area contributed by atoms with Gasteiger partial charge >= 0.3 is 0 Å². The zero-order valence-corrected chi connectivity index (χ0v) is 8.57. The fourth-order valence-electron chi connectivity index (χ4n) is 1.67. The number of hydrogen-bond acceptors (Lipinski definition) is 3. The quantitative estimate of drug-likeness (QED) is 0.753. The minimum atomic E-state index is 0.162. The van der Waals surface area contributed by atoms with Gasteiger partial charge in [-0.25, -0.2) is 0 Å². The number of piperidine rings is 1. The number of hydrogen-bond donors (Lipinski definition) is 2. The molecule has 0 radical (unpaired) electrons. The lowest BCUT2D eigenvalue weighted by atomic mass is 10.1. The van der Waals surface area contributed by atoms with Gasteiger partial charge in [0.1, 0.15) is 0 Å². The summed E-state index contributed by atoms with van der Waals surface area (Å²) in [5.41, 5.74) is 1.18. The van der Waals surface area contributed by atoms with Crippen LogP contribution < -0.4 is 10.6 Å². The standard InChI is InChI=1S/C11H15N3O/c15-11-4-3-10(8-14-11)13-7-9-2-1-5-12-6-9/h1-2,5-6,10,13H,3-4,7-8H2,(H,14,15). The van der Waals surface area contributed by atoms with E-state index in [4.69, 9.17) is 0 Å². The van der Waals surface area contributed by atoms with E-state index in [-0.39, 0.29) is 5.91 Å². The molecular weight excluding hydrogens is 190 g/mol. The van der Waals surface area contributed by atoms with Gasteiger partial charge in [0.05, 0.1) is 0 Å². The average Bonchev–Trinajstić information content (AvgIpc) is 2.30. The zero-order valence-electron chi connectivity index (χ0n) is 8.57. The number of carbonyl (C=O) groups is 1. The Bertz CT molecular complexity index is 316. The van der Waals surface area contributed by atoms with Crippen LogP contribution in [0.1, 0.15) is 18.4 Å². The summed E-state index contributed by atoms with van der Waals surface area (Å²) in [5, 5.41) is 6.26. The summed E-state index contributed by atoms with van der Waals surface area (Å²) in [6.07, 6.45) is 5.18. The summed E-state index contributed by atoms with van der Waals surface area (Å²) in [5.74, 6) is 0.162. The molecule has 0 saturated carbocycles. The number of aromatic nitrogens is 1. The molecule has 1 aromatic heterocycles. The Balaban J connectivity index is 1.77. The molecule has 0 aliphatic carbocycles. The van der Waals surface area contributed by atoms with Crippen LogP contribution in [0.15, 0.2) is 24.5 Å². The normalized spacial score (nSPS) is 21.1. The summed E-state index contributed by atoms with van der Waals surface area (Å²) in [7, 11) is 0. The minimum absolute atomic E-state index is 0.162. The third-order valence-corrected chi connectivity index (χ3v) is 2.58. The first-order valence-electron chi connectivity index (χ1n) is 5.23. The smallest absolute Gasteiger partial charge is 0.220 e. The largest absolute Gasteiger partial charge is 0.355 e. The second kappa shape index (κ2) is 4.89. The summed E-state index contributed by atoms with van der Waals surface area (Å²) in [4.78, 5) is 15.0. The number of nitrogens with one attached hydrogen (secondary N) is 2. The van der Waals surface area contributed by atoms with E-state index in [9.17, 15) is 4.79 Å². The highest BCUT2D eigenvalue weighted by Crippen LogP contribution is 2.04. The van der Waals surface area contributed by atoms with Crippen LogP contribution >= 0.6 is 0 Å². The van der Waals surface area contributed by atoms with Crippen LogP contribution in [-0.4, -0.2) is 23.5 Å². The Morgan fingerprint density at radius 1 is 1.60 bits per heavy atom. The van der Waals surface area contributed by atoms with E-state index >= 15 is 0 Å². The fraction of sp³-hybridized carbons (Fsp3) is 0.455. The number of nitrogens with zero attached hydrogens (tertiary/aromatic N) is 1.